The third-order valence-electron chi connectivity index (χ3n) is 4.21. The van der Waals surface area contributed by atoms with Gasteiger partial charge in [-0.3, -0.25) is 9.59 Å². The maximum Gasteiger partial charge on any atom is 0.218 e. The van der Waals surface area contributed by atoms with Crippen molar-refractivity contribution < 1.29 is 18.4 Å². The highest BCUT2D eigenvalue weighted by molar-refractivity contribution is 6.35. The Morgan fingerprint density at radius 3 is 2.46 bits per heavy atom. The van der Waals surface area contributed by atoms with Gasteiger partial charge in [-0.25, -0.2) is 8.78 Å². The molecular formula is C20H22Cl2F2N2O2. The van der Waals surface area contributed by atoms with Gasteiger partial charge in [-0.2, -0.15) is 0 Å². The molecule has 0 aromatic heterocycles. The summed E-state index contributed by atoms with van der Waals surface area (Å²) in [5, 5.41) is 3.08. The highest BCUT2D eigenvalue weighted by atomic mass is 35.5. The molecule has 3 N–H and O–H groups in total. The van der Waals surface area contributed by atoms with E-state index in [2.05, 4.69) is 5.32 Å². The summed E-state index contributed by atoms with van der Waals surface area (Å²) >= 11 is 6.07. The summed E-state index contributed by atoms with van der Waals surface area (Å²) in [6.07, 6.45) is 0.607. The molecule has 0 unspecified atom stereocenters. The van der Waals surface area contributed by atoms with Crippen molar-refractivity contribution in [1.82, 2.24) is 5.32 Å². The lowest BCUT2D eigenvalue weighted by Crippen LogP contribution is -2.34. The number of hydrogen-bond acceptors (Lipinski definition) is 3. The van der Waals surface area contributed by atoms with Crippen molar-refractivity contribution in [2.75, 3.05) is 0 Å². The van der Waals surface area contributed by atoms with Gasteiger partial charge in [-0.1, -0.05) is 36.7 Å². The zero-order valence-electron chi connectivity index (χ0n) is 15.5. The predicted molar refractivity (Wildman–Crippen MR) is 108 cm³/mol. The Bertz CT molecular complexity index is 862. The van der Waals surface area contributed by atoms with Gasteiger partial charge in [-0.05, 0) is 31.5 Å². The first-order chi connectivity index (χ1) is 12.7. The van der Waals surface area contributed by atoms with Gasteiger partial charge in [-0.15, -0.1) is 12.4 Å². The minimum atomic E-state index is -0.762. The Morgan fingerprint density at radius 1 is 1.21 bits per heavy atom. The van der Waals surface area contributed by atoms with Gasteiger partial charge >= 0.3 is 0 Å². The number of nitrogens with two attached hydrogens (primary N) is 1. The van der Waals surface area contributed by atoms with E-state index >= 15 is 4.39 Å². The second-order valence-corrected chi connectivity index (χ2v) is 6.77. The number of amides is 1. The van der Waals surface area contributed by atoms with Crippen LogP contribution in [0.1, 0.15) is 54.2 Å². The normalized spacial score (nSPS) is 12.8. The van der Waals surface area contributed by atoms with E-state index < -0.39 is 29.4 Å². The number of benzene rings is 2. The number of nitrogens with one attached hydrogen (secondary N) is 1. The standard InChI is InChI=1S/C20H21ClF2N2O2.ClH/c1-3-16(25-11(2)9-17(24)26)14-7-8-15(21)18(19(14)23)20(27)12-5-4-6-13(22)10-12;/h4-8,10-11,16,25H,3,9H2,1-2H3,(H2,24,26);1H/t11-,16-;/m1./s1. The fourth-order valence-electron chi connectivity index (χ4n) is 2.95. The molecule has 152 valence electrons. The molecule has 0 heterocycles. The van der Waals surface area contributed by atoms with Crippen molar-refractivity contribution in [3.05, 3.63) is 69.7 Å². The van der Waals surface area contributed by atoms with Gasteiger partial charge in [0.05, 0.1) is 10.6 Å². The molecule has 0 fully saturated rings. The molecule has 2 aromatic rings. The average molecular weight is 431 g/mol. The zero-order chi connectivity index (χ0) is 20.1. The minimum Gasteiger partial charge on any atom is -0.370 e. The molecule has 0 radical (unpaired) electrons. The Balaban J connectivity index is 0.00000392. The maximum absolute atomic E-state index is 15.2. The molecule has 0 spiro atoms. The number of hydrogen-bond donors (Lipinski definition) is 2. The quantitative estimate of drug-likeness (QED) is 0.602. The SMILES string of the molecule is CC[C@@H](N[C@H](C)CC(N)=O)c1ccc(Cl)c(C(=O)c2cccc(F)c2)c1F.Cl. The fraction of sp³-hybridized carbons (Fsp3) is 0.300. The van der Waals surface area contributed by atoms with Gasteiger partial charge in [0.2, 0.25) is 5.91 Å². The van der Waals surface area contributed by atoms with Crippen LogP contribution in [-0.4, -0.2) is 17.7 Å². The first-order valence-corrected chi connectivity index (χ1v) is 8.94. The van der Waals surface area contributed by atoms with Crippen molar-refractivity contribution in [3.63, 3.8) is 0 Å². The van der Waals surface area contributed by atoms with E-state index in [9.17, 15) is 14.0 Å². The van der Waals surface area contributed by atoms with Crippen LogP contribution in [0.5, 0.6) is 0 Å². The summed E-state index contributed by atoms with van der Waals surface area (Å²) in [5.41, 5.74) is 5.15. The fourth-order valence-corrected chi connectivity index (χ4v) is 3.18. The van der Waals surface area contributed by atoms with Crippen LogP contribution in [0.25, 0.3) is 0 Å². The molecule has 2 aromatic carbocycles. The summed E-state index contributed by atoms with van der Waals surface area (Å²) in [5.74, 6) is -2.52. The second-order valence-electron chi connectivity index (χ2n) is 6.36. The van der Waals surface area contributed by atoms with E-state index in [1.54, 1.807) is 6.92 Å². The lowest BCUT2D eigenvalue weighted by Gasteiger charge is -2.23. The molecule has 2 atom stereocenters. The lowest BCUT2D eigenvalue weighted by atomic mass is 9.95. The number of rotatable bonds is 8. The number of halogens is 4. The van der Waals surface area contributed by atoms with Crippen LogP contribution in [0.2, 0.25) is 5.02 Å². The largest absolute Gasteiger partial charge is 0.370 e. The van der Waals surface area contributed by atoms with Crippen molar-refractivity contribution in [2.45, 2.75) is 38.8 Å². The molecule has 8 heteroatoms. The topological polar surface area (TPSA) is 72.2 Å². The maximum atomic E-state index is 15.2. The number of carbonyl (C=O) groups excluding carboxylic acids is 2. The van der Waals surface area contributed by atoms with E-state index in [-0.39, 0.29) is 46.6 Å². The third kappa shape index (κ3) is 5.74. The summed E-state index contributed by atoms with van der Waals surface area (Å²) in [4.78, 5) is 23.8. The highest BCUT2D eigenvalue weighted by Gasteiger charge is 2.25. The molecule has 1 amide bonds. The predicted octanol–water partition coefficient (Wildman–Crippen LogP) is 4.58. The first-order valence-electron chi connectivity index (χ1n) is 8.57. The van der Waals surface area contributed by atoms with E-state index in [1.807, 2.05) is 6.92 Å². The smallest absolute Gasteiger partial charge is 0.218 e. The second kappa shape index (κ2) is 10.5. The number of ketones is 1. The molecular weight excluding hydrogens is 409 g/mol. The van der Waals surface area contributed by atoms with Crippen LogP contribution >= 0.6 is 24.0 Å². The highest BCUT2D eigenvalue weighted by Crippen LogP contribution is 2.30. The van der Waals surface area contributed by atoms with Crippen molar-refractivity contribution in [2.24, 2.45) is 5.73 Å². The van der Waals surface area contributed by atoms with Crippen molar-refractivity contribution in [1.29, 1.82) is 0 Å². The summed E-state index contributed by atoms with van der Waals surface area (Å²) < 4.78 is 28.6. The van der Waals surface area contributed by atoms with Gasteiger partial charge in [0.15, 0.2) is 5.78 Å². The Hall–Kier alpha value is -2.02. The van der Waals surface area contributed by atoms with E-state index in [0.29, 0.717) is 6.42 Å². The van der Waals surface area contributed by atoms with Crippen LogP contribution in [0.3, 0.4) is 0 Å². The van der Waals surface area contributed by atoms with Gasteiger partial charge in [0.1, 0.15) is 11.6 Å². The molecule has 0 aliphatic rings. The van der Waals surface area contributed by atoms with E-state index in [4.69, 9.17) is 17.3 Å². The molecule has 4 nitrogen and oxygen atoms in total. The molecule has 0 saturated carbocycles. The monoisotopic (exact) mass is 430 g/mol. The van der Waals surface area contributed by atoms with Crippen molar-refractivity contribution in [3.8, 4) is 0 Å². The summed E-state index contributed by atoms with van der Waals surface area (Å²) in [7, 11) is 0. The van der Waals surface area contributed by atoms with Crippen molar-refractivity contribution >= 4 is 35.7 Å². The Kier molecular flexibility index (Phi) is 9.01. The van der Waals surface area contributed by atoms with Gasteiger partial charge in [0.25, 0.3) is 0 Å². The van der Waals surface area contributed by atoms with Gasteiger partial charge < -0.3 is 11.1 Å². The summed E-state index contributed by atoms with van der Waals surface area (Å²) in [6, 6.07) is 7.23. The average Bonchev–Trinajstić information content (AvgIpc) is 2.59. The minimum absolute atomic E-state index is 0. The Morgan fingerprint density at radius 2 is 1.89 bits per heavy atom. The van der Waals surface area contributed by atoms with E-state index in [0.717, 1.165) is 6.07 Å². The van der Waals surface area contributed by atoms with Crippen LogP contribution in [0.15, 0.2) is 36.4 Å². The molecule has 2 rings (SSSR count). The Labute approximate surface area is 173 Å². The van der Waals surface area contributed by atoms with E-state index in [1.165, 1.54) is 30.3 Å². The molecule has 0 saturated heterocycles. The first kappa shape index (κ1) is 24.0. The third-order valence-corrected chi connectivity index (χ3v) is 4.53. The zero-order valence-corrected chi connectivity index (χ0v) is 17.0. The van der Waals surface area contributed by atoms with Crippen LogP contribution in [0.4, 0.5) is 8.78 Å². The van der Waals surface area contributed by atoms with Gasteiger partial charge in [0, 0.05) is 29.6 Å². The molecule has 0 aliphatic heterocycles. The number of primary amides is 1. The van der Waals surface area contributed by atoms with Crippen LogP contribution in [-0.2, 0) is 4.79 Å². The lowest BCUT2D eigenvalue weighted by molar-refractivity contribution is -0.118. The van der Waals surface area contributed by atoms with Crippen LogP contribution in [0, 0.1) is 11.6 Å². The molecule has 0 bridgehead atoms. The number of carbonyl (C=O) groups is 2. The molecule has 28 heavy (non-hydrogen) atoms. The summed E-state index contributed by atoms with van der Waals surface area (Å²) in [6.45, 7) is 3.61. The van der Waals surface area contributed by atoms with Crippen LogP contribution < -0.4 is 11.1 Å². The molecule has 0 aliphatic carbocycles.